The molecule has 1 N–H and O–H groups in total. The van der Waals surface area contributed by atoms with Crippen molar-refractivity contribution < 1.29 is 0 Å². The number of rotatable bonds is 4. The van der Waals surface area contributed by atoms with E-state index >= 15 is 0 Å². The Morgan fingerprint density at radius 1 is 1.04 bits per heavy atom. The second-order valence-electron chi connectivity index (χ2n) is 6.17. The van der Waals surface area contributed by atoms with Crippen molar-refractivity contribution in [3.05, 3.63) is 78.4 Å². The van der Waals surface area contributed by atoms with Gasteiger partial charge in [-0.05, 0) is 49.2 Å². The molecule has 0 aliphatic heterocycles. The van der Waals surface area contributed by atoms with Crippen LogP contribution in [0.3, 0.4) is 0 Å². The smallest absolute Gasteiger partial charge is 0.140 e. The van der Waals surface area contributed by atoms with Crippen LogP contribution in [0.25, 0.3) is 16.9 Å². The van der Waals surface area contributed by atoms with Crippen LogP contribution in [0.2, 0.25) is 0 Å². The summed E-state index contributed by atoms with van der Waals surface area (Å²) in [5.74, 6) is 0. The molecular formula is C20H19N5. The number of hydrogen-bond donors (Lipinski definition) is 1. The number of anilines is 1. The van der Waals surface area contributed by atoms with Gasteiger partial charge in [-0.3, -0.25) is 0 Å². The van der Waals surface area contributed by atoms with Crippen LogP contribution in [0.4, 0.5) is 5.69 Å². The Morgan fingerprint density at radius 3 is 2.60 bits per heavy atom. The minimum absolute atomic E-state index is 0.166. The van der Waals surface area contributed by atoms with E-state index in [2.05, 4.69) is 70.3 Å². The Kier molecular flexibility index (Phi) is 3.90. The van der Waals surface area contributed by atoms with Crippen molar-refractivity contribution in [1.82, 2.24) is 19.6 Å². The van der Waals surface area contributed by atoms with E-state index in [1.807, 2.05) is 18.3 Å². The van der Waals surface area contributed by atoms with E-state index < -0.39 is 0 Å². The third-order valence-electron chi connectivity index (χ3n) is 4.35. The molecule has 0 saturated heterocycles. The van der Waals surface area contributed by atoms with Crippen molar-refractivity contribution in [3.63, 3.8) is 0 Å². The molecule has 1 unspecified atom stereocenters. The summed E-state index contributed by atoms with van der Waals surface area (Å²) in [7, 11) is 0. The SMILES string of the molecule is Cc1cccn2cc(-c3ccc(NC(C)c4ccnnc4)cc3)nc12. The first-order chi connectivity index (χ1) is 12.2. The van der Waals surface area contributed by atoms with Gasteiger partial charge in [0.1, 0.15) is 5.65 Å². The Bertz CT molecular complexity index is 990. The summed E-state index contributed by atoms with van der Waals surface area (Å²) in [6.07, 6.45) is 7.59. The lowest BCUT2D eigenvalue weighted by Crippen LogP contribution is -2.06. The number of fused-ring (bicyclic) bond motifs is 1. The Morgan fingerprint density at radius 2 is 1.88 bits per heavy atom. The third-order valence-corrected chi connectivity index (χ3v) is 4.35. The monoisotopic (exact) mass is 329 g/mol. The first-order valence-electron chi connectivity index (χ1n) is 8.28. The highest BCUT2D eigenvalue weighted by atomic mass is 15.1. The van der Waals surface area contributed by atoms with Gasteiger partial charge in [0.05, 0.1) is 17.9 Å². The Hall–Kier alpha value is -3.21. The summed E-state index contributed by atoms with van der Waals surface area (Å²) < 4.78 is 2.06. The minimum Gasteiger partial charge on any atom is -0.378 e. The number of aryl methyl sites for hydroxylation is 1. The largest absolute Gasteiger partial charge is 0.378 e. The fraction of sp³-hybridized carbons (Fsp3) is 0.150. The average Bonchev–Trinajstić information content (AvgIpc) is 3.09. The number of nitrogens with one attached hydrogen (secondary N) is 1. The third kappa shape index (κ3) is 3.08. The molecule has 4 aromatic rings. The molecule has 0 saturated carbocycles. The molecule has 0 radical (unpaired) electrons. The van der Waals surface area contributed by atoms with Crippen molar-refractivity contribution in [1.29, 1.82) is 0 Å². The predicted octanol–water partition coefficient (Wildman–Crippen LogP) is 4.27. The molecule has 1 atom stereocenters. The lowest BCUT2D eigenvalue weighted by molar-refractivity contribution is 0.856. The lowest BCUT2D eigenvalue weighted by Gasteiger charge is -2.15. The second kappa shape index (κ2) is 6.36. The molecule has 0 spiro atoms. The van der Waals surface area contributed by atoms with Gasteiger partial charge in [0.2, 0.25) is 0 Å². The highest BCUT2D eigenvalue weighted by molar-refractivity contribution is 5.66. The maximum absolute atomic E-state index is 4.75. The van der Waals surface area contributed by atoms with Gasteiger partial charge in [-0.15, -0.1) is 0 Å². The molecule has 5 nitrogen and oxygen atoms in total. The average molecular weight is 329 g/mol. The molecule has 124 valence electrons. The van der Waals surface area contributed by atoms with E-state index in [-0.39, 0.29) is 6.04 Å². The van der Waals surface area contributed by atoms with Crippen molar-refractivity contribution in [2.45, 2.75) is 19.9 Å². The summed E-state index contributed by atoms with van der Waals surface area (Å²) in [4.78, 5) is 4.75. The zero-order valence-corrected chi connectivity index (χ0v) is 14.2. The van der Waals surface area contributed by atoms with E-state index in [9.17, 15) is 0 Å². The number of aromatic nitrogens is 4. The molecule has 0 bridgehead atoms. The maximum atomic E-state index is 4.75. The van der Waals surface area contributed by atoms with Crippen LogP contribution in [0, 0.1) is 6.92 Å². The fourth-order valence-corrected chi connectivity index (χ4v) is 2.92. The van der Waals surface area contributed by atoms with Gasteiger partial charge >= 0.3 is 0 Å². The fourth-order valence-electron chi connectivity index (χ4n) is 2.92. The van der Waals surface area contributed by atoms with Crippen LogP contribution in [0.1, 0.15) is 24.1 Å². The standard InChI is InChI=1S/C20H19N5/c1-14-4-3-11-25-13-19(24-20(14)25)16-5-7-18(8-6-16)23-15(2)17-9-10-21-22-12-17/h3-13,15,23H,1-2H3. The molecule has 0 aliphatic carbocycles. The highest BCUT2D eigenvalue weighted by Gasteiger charge is 2.08. The van der Waals surface area contributed by atoms with Gasteiger partial charge in [0, 0.05) is 29.8 Å². The maximum Gasteiger partial charge on any atom is 0.140 e. The Labute approximate surface area is 146 Å². The van der Waals surface area contributed by atoms with Gasteiger partial charge in [0.25, 0.3) is 0 Å². The number of pyridine rings is 1. The molecule has 25 heavy (non-hydrogen) atoms. The molecule has 0 fully saturated rings. The van der Waals surface area contributed by atoms with Crippen LogP contribution in [0.5, 0.6) is 0 Å². The zero-order valence-electron chi connectivity index (χ0n) is 14.2. The van der Waals surface area contributed by atoms with E-state index in [1.165, 1.54) is 5.56 Å². The highest BCUT2D eigenvalue weighted by Crippen LogP contribution is 2.24. The minimum atomic E-state index is 0.166. The van der Waals surface area contributed by atoms with Crippen molar-refractivity contribution >= 4 is 11.3 Å². The lowest BCUT2D eigenvalue weighted by atomic mass is 10.1. The van der Waals surface area contributed by atoms with Gasteiger partial charge < -0.3 is 9.72 Å². The van der Waals surface area contributed by atoms with Crippen LogP contribution in [-0.2, 0) is 0 Å². The Balaban J connectivity index is 1.56. The molecule has 3 heterocycles. The van der Waals surface area contributed by atoms with Crippen molar-refractivity contribution in [3.8, 4) is 11.3 Å². The van der Waals surface area contributed by atoms with Crippen molar-refractivity contribution in [2.75, 3.05) is 5.32 Å². The summed E-state index contributed by atoms with van der Waals surface area (Å²) in [6, 6.07) is 14.6. The van der Waals surface area contributed by atoms with Gasteiger partial charge in [-0.1, -0.05) is 18.2 Å². The number of benzene rings is 1. The summed E-state index contributed by atoms with van der Waals surface area (Å²) >= 11 is 0. The predicted molar refractivity (Wildman–Crippen MR) is 99.4 cm³/mol. The molecule has 4 rings (SSSR count). The van der Waals surface area contributed by atoms with Gasteiger partial charge in [0.15, 0.2) is 0 Å². The van der Waals surface area contributed by atoms with E-state index in [4.69, 9.17) is 4.98 Å². The van der Waals surface area contributed by atoms with E-state index in [1.54, 1.807) is 12.4 Å². The first kappa shape index (κ1) is 15.3. The van der Waals surface area contributed by atoms with Crippen LogP contribution in [0.15, 0.2) is 67.3 Å². The molecule has 5 heteroatoms. The van der Waals surface area contributed by atoms with Gasteiger partial charge in [-0.2, -0.15) is 10.2 Å². The number of nitrogens with zero attached hydrogens (tertiary/aromatic N) is 4. The quantitative estimate of drug-likeness (QED) is 0.607. The second-order valence-corrected chi connectivity index (χ2v) is 6.17. The molecule has 0 amide bonds. The molecule has 3 aromatic heterocycles. The zero-order chi connectivity index (χ0) is 17.2. The van der Waals surface area contributed by atoms with Gasteiger partial charge in [-0.25, -0.2) is 4.98 Å². The number of hydrogen-bond acceptors (Lipinski definition) is 4. The van der Waals surface area contributed by atoms with E-state index in [0.717, 1.165) is 28.2 Å². The normalized spacial score (nSPS) is 12.2. The summed E-state index contributed by atoms with van der Waals surface area (Å²) in [5, 5.41) is 11.2. The van der Waals surface area contributed by atoms with Crippen LogP contribution in [-0.4, -0.2) is 19.6 Å². The van der Waals surface area contributed by atoms with Crippen LogP contribution < -0.4 is 5.32 Å². The summed E-state index contributed by atoms with van der Waals surface area (Å²) in [6.45, 7) is 4.18. The van der Waals surface area contributed by atoms with Crippen LogP contribution >= 0.6 is 0 Å². The molecule has 1 aromatic carbocycles. The topological polar surface area (TPSA) is 55.1 Å². The summed E-state index contributed by atoms with van der Waals surface area (Å²) in [5.41, 5.74) is 6.42. The molecular weight excluding hydrogens is 310 g/mol. The van der Waals surface area contributed by atoms with Crippen molar-refractivity contribution in [2.24, 2.45) is 0 Å². The molecule has 0 aliphatic rings. The van der Waals surface area contributed by atoms with E-state index in [0.29, 0.717) is 0 Å². The number of imidazole rings is 1. The first-order valence-corrected chi connectivity index (χ1v) is 8.28.